The van der Waals surface area contributed by atoms with Crippen molar-refractivity contribution in [2.75, 3.05) is 14.1 Å². The molecule has 0 radical (unpaired) electrons. The van der Waals surface area contributed by atoms with E-state index in [2.05, 4.69) is 27.2 Å². The van der Waals surface area contributed by atoms with Gasteiger partial charge in [-0.3, -0.25) is 4.98 Å². The minimum Gasteiger partial charge on any atom is -0.303 e. The van der Waals surface area contributed by atoms with Gasteiger partial charge in [0, 0.05) is 38.2 Å². The second-order valence-electron chi connectivity index (χ2n) is 6.22. The number of hydrazone groups is 1. The Balaban J connectivity index is 1.72. The lowest BCUT2D eigenvalue weighted by Crippen LogP contribution is -2.18. The predicted octanol–water partition coefficient (Wildman–Crippen LogP) is 3.87. The van der Waals surface area contributed by atoms with Crippen LogP contribution in [-0.2, 0) is 6.42 Å². The predicted molar refractivity (Wildman–Crippen MR) is 102 cm³/mol. The maximum atomic E-state index is 4.92. The van der Waals surface area contributed by atoms with E-state index in [1.165, 1.54) is 5.56 Å². The number of fused-ring (bicyclic) bond motifs is 1. The number of rotatable bonds is 3. The second kappa shape index (κ2) is 6.72. The molecule has 0 saturated heterocycles. The third-order valence-corrected chi connectivity index (χ3v) is 5.17. The van der Waals surface area contributed by atoms with Crippen molar-refractivity contribution in [2.24, 2.45) is 5.10 Å². The SMILES string of the molecule is CN(C)/N=C1\CCCc2ccc(-c3cnc(-c4cccnc4)s3)nc21. The van der Waals surface area contributed by atoms with Crippen molar-refractivity contribution >= 4 is 17.0 Å². The molecule has 3 heterocycles. The van der Waals surface area contributed by atoms with E-state index in [0.717, 1.165) is 51.8 Å². The molecule has 1 aliphatic rings. The van der Waals surface area contributed by atoms with E-state index in [0.29, 0.717) is 0 Å². The summed E-state index contributed by atoms with van der Waals surface area (Å²) in [5.74, 6) is 0. The van der Waals surface area contributed by atoms with E-state index < -0.39 is 0 Å². The van der Waals surface area contributed by atoms with Crippen molar-refractivity contribution in [1.29, 1.82) is 0 Å². The number of hydrogen-bond acceptors (Lipinski definition) is 6. The minimum atomic E-state index is 0.958. The number of aryl methyl sites for hydroxylation is 1. The Bertz CT molecular complexity index is 915. The lowest BCUT2D eigenvalue weighted by Gasteiger charge is -2.19. The van der Waals surface area contributed by atoms with Gasteiger partial charge in [0.2, 0.25) is 0 Å². The van der Waals surface area contributed by atoms with Crippen LogP contribution in [0.2, 0.25) is 0 Å². The highest BCUT2D eigenvalue weighted by Crippen LogP contribution is 2.32. The molecule has 126 valence electrons. The van der Waals surface area contributed by atoms with Gasteiger partial charge < -0.3 is 5.01 Å². The molecule has 6 heteroatoms. The first-order valence-electron chi connectivity index (χ1n) is 8.32. The van der Waals surface area contributed by atoms with Gasteiger partial charge >= 0.3 is 0 Å². The minimum absolute atomic E-state index is 0.958. The Labute approximate surface area is 151 Å². The molecule has 0 saturated carbocycles. The fraction of sp³-hybridized carbons (Fsp3) is 0.263. The van der Waals surface area contributed by atoms with Crippen LogP contribution in [0.5, 0.6) is 0 Å². The van der Waals surface area contributed by atoms with Gasteiger partial charge in [0.25, 0.3) is 0 Å². The molecule has 0 aromatic carbocycles. The van der Waals surface area contributed by atoms with Gasteiger partial charge in [-0.2, -0.15) is 5.10 Å². The van der Waals surface area contributed by atoms with Gasteiger partial charge in [0.15, 0.2) is 0 Å². The van der Waals surface area contributed by atoms with Crippen molar-refractivity contribution in [3.63, 3.8) is 0 Å². The summed E-state index contributed by atoms with van der Waals surface area (Å²) < 4.78 is 0. The van der Waals surface area contributed by atoms with Crippen LogP contribution >= 0.6 is 11.3 Å². The van der Waals surface area contributed by atoms with Crippen LogP contribution in [-0.4, -0.2) is 39.8 Å². The lowest BCUT2D eigenvalue weighted by atomic mass is 9.94. The first-order chi connectivity index (χ1) is 12.2. The van der Waals surface area contributed by atoms with Crippen molar-refractivity contribution in [2.45, 2.75) is 19.3 Å². The maximum absolute atomic E-state index is 4.92. The van der Waals surface area contributed by atoms with E-state index in [4.69, 9.17) is 4.98 Å². The van der Waals surface area contributed by atoms with Crippen LogP contribution in [0.1, 0.15) is 24.1 Å². The Morgan fingerprint density at radius 1 is 1.12 bits per heavy atom. The van der Waals surface area contributed by atoms with Crippen molar-refractivity contribution in [3.8, 4) is 21.1 Å². The fourth-order valence-corrected chi connectivity index (χ4v) is 3.87. The van der Waals surface area contributed by atoms with E-state index >= 15 is 0 Å². The number of aromatic nitrogens is 3. The molecule has 0 N–H and O–H groups in total. The molecular formula is C19H19N5S. The van der Waals surface area contributed by atoms with E-state index in [1.54, 1.807) is 17.5 Å². The van der Waals surface area contributed by atoms with Gasteiger partial charge in [-0.05, 0) is 43.0 Å². The number of pyridine rings is 2. The third-order valence-electron chi connectivity index (χ3n) is 4.10. The second-order valence-corrected chi connectivity index (χ2v) is 7.25. The zero-order chi connectivity index (χ0) is 17.2. The number of nitrogens with zero attached hydrogens (tertiary/aromatic N) is 5. The molecule has 0 spiro atoms. The lowest BCUT2D eigenvalue weighted by molar-refractivity contribution is 0.435. The van der Waals surface area contributed by atoms with Gasteiger partial charge in [0.05, 0.1) is 22.0 Å². The Kier molecular flexibility index (Phi) is 4.28. The molecule has 3 aromatic rings. The summed E-state index contributed by atoms with van der Waals surface area (Å²) in [6, 6.07) is 8.23. The molecule has 3 aromatic heterocycles. The monoisotopic (exact) mass is 349 g/mol. The molecule has 0 amide bonds. The van der Waals surface area contributed by atoms with Gasteiger partial charge in [-0.1, -0.05) is 6.07 Å². The first-order valence-corrected chi connectivity index (χ1v) is 9.14. The highest BCUT2D eigenvalue weighted by atomic mass is 32.1. The Hall–Kier alpha value is -2.60. The molecule has 0 bridgehead atoms. The van der Waals surface area contributed by atoms with Crippen molar-refractivity contribution in [1.82, 2.24) is 20.0 Å². The van der Waals surface area contributed by atoms with Crippen LogP contribution in [0.25, 0.3) is 21.1 Å². The summed E-state index contributed by atoms with van der Waals surface area (Å²) in [4.78, 5) is 14.7. The molecule has 25 heavy (non-hydrogen) atoms. The molecule has 0 fully saturated rings. The highest BCUT2D eigenvalue weighted by Gasteiger charge is 2.19. The average molecular weight is 349 g/mol. The largest absolute Gasteiger partial charge is 0.303 e. The Morgan fingerprint density at radius 2 is 2.04 bits per heavy atom. The molecule has 1 aliphatic carbocycles. The summed E-state index contributed by atoms with van der Waals surface area (Å²) in [5.41, 5.74) is 5.39. The third kappa shape index (κ3) is 3.30. The van der Waals surface area contributed by atoms with Crippen LogP contribution in [0.15, 0.2) is 48.0 Å². The molecule has 0 atom stereocenters. The zero-order valence-corrected chi connectivity index (χ0v) is 15.1. The Morgan fingerprint density at radius 3 is 2.84 bits per heavy atom. The summed E-state index contributed by atoms with van der Waals surface area (Å²) in [6.07, 6.45) is 8.68. The van der Waals surface area contributed by atoms with Crippen LogP contribution in [0.3, 0.4) is 0 Å². The van der Waals surface area contributed by atoms with Gasteiger partial charge in [0.1, 0.15) is 5.01 Å². The smallest absolute Gasteiger partial charge is 0.125 e. The molecule has 4 rings (SSSR count). The molecule has 5 nitrogen and oxygen atoms in total. The van der Waals surface area contributed by atoms with Crippen molar-refractivity contribution in [3.05, 3.63) is 54.1 Å². The fourth-order valence-electron chi connectivity index (χ4n) is 3.00. The zero-order valence-electron chi connectivity index (χ0n) is 14.3. The maximum Gasteiger partial charge on any atom is 0.125 e. The summed E-state index contributed by atoms with van der Waals surface area (Å²) >= 11 is 1.64. The number of hydrogen-bond donors (Lipinski definition) is 0. The highest BCUT2D eigenvalue weighted by molar-refractivity contribution is 7.18. The quantitative estimate of drug-likeness (QED) is 0.674. The van der Waals surface area contributed by atoms with Crippen LogP contribution in [0, 0.1) is 0 Å². The van der Waals surface area contributed by atoms with Gasteiger partial charge in [-0.25, -0.2) is 9.97 Å². The van der Waals surface area contributed by atoms with E-state index in [-0.39, 0.29) is 0 Å². The van der Waals surface area contributed by atoms with Crippen LogP contribution in [0.4, 0.5) is 0 Å². The average Bonchev–Trinajstić information content (AvgIpc) is 3.12. The molecule has 0 unspecified atom stereocenters. The van der Waals surface area contributed by atoms with E-state index in [1.807, 2.05) is 43.6 Å². The normalized spacial score (nSPS) is 15.2. The van der Waals surface area contributed by atoms with Crippen LogP contribution < -0.4 is 0 Å². The topological polar surface area (TPSA) is 54.3 Å². The van der Waals surface area contributed by atoms with E-state index in [9.17, 15) is 0 Å². The molecule has 0 aliphatic heterocycles. The summed E-state index contributed by atoms with van der Waals surface area (Å²) in [6.45, 7) is 0. The van der Waals surface area contributed by atoms with Crippen molar-refractivity contribution < 1.29 is 0 Å². The first kappa shape index (κ1) is 15.9. The summed E-state index contributed by atoms with van der Waals surface area (Å²) in [5, 5.41) is 7.45. The van der Waals surface area contributed by atoms with Gasteiger partial charge in [-0.15, -0.1) is 11.3 Å². The number of thiazole rings is 1. The summed E-state index contributed by atoms with van der Waals surface area (Å²) in [7, 11) is 3.91. The standard InChI is InChI=1S/C19H19N5S/c1-24(2)23-16-7-3-5-13-8-9-15(22-18(13)16)17-12-21-19(25-17)14-6-4-10-20-11-14/h4,6,8-12H,3,5,7H2,1-2H3/b23-16+. The molecular weight excluding hydrogens is 330 g/mol.